The molecule has 70 valence electrons. The van der Waals surface area contributed by atoms with Crippen molar-refractivity contribution in [2.24, 2.45) is 0 Å². The summed E-state index contributed by atoms with van der Waals surface area (Å²) in [5, 5.41) is 0.773. The molecule has 0 radical (unpaired) electrons. The van der Waals surface area contributed by atoms with Crippen molar-refractivity contribution < 1.29 is 0 Å². The average molecular weight is 197 g/mol. The molecule has 0 aromatic carbocycles. The first-order valence-corrected chi connectivity index (χ1v) is 4.94. The second-order valence-corrected chi connectivity index (χ2v) is 4.02. The van der Waals surface area contributed by atoms with Crippen molar-refractivity contribution in [1.29, 1.82) is 0 Å². The fraction of sp³-hybridized carbons (Fsp3) is 0.500. The Morgan fingerprint density at radius 3 is 3.00 bits per heavy atom. The van der Waals surface area contributed by atoms with Gasteiger partial charge in [0, 0.05) is 25.0 Å². The van der Waals surface area contributed by atoms with Crippen LogP contribution in [0.3, 0.4) is 0 Å². The maximum atomic E-state index is 6.00. The van der Waals surface area contributed by atoms with E-state index in [1.54, 1.807) is 12.4 Å². The van der Waals surface area contributed by atoms with Crippen molar-refractivity contribution in [2.45, 2.75) is 25.4 Å². The smallest absolute Gasteiger partial charge is 0.0634 e. The van der Waals surface area contributed by atoms with Gasteiger partial charge in [-0.3, -0.25) is 9.88 Å². The third kappa shape index (κ3) is 2.20. The quantitative estimate of drug-likeness (QED) is 0.738. The van der Waals surface area contributed by atoms with E-state index in [4.69, 9.17) is 11.6 Å². The lowest BCUT2D eigenvalue weighted by atomic mass is 10.2. The molecule has 1 fully saturated rings. The maximum absolute atomic E-state index is 6.00. The Bertz CT molecular complexity index is 297. The van der Waals surface area contributed by atoms with Gasteiger partial charge in [-0.15, -0.1) is 0 Å². The van der Waals surface area contributed by atoms with Gasteiger partial charge in [-0.2, -0.15) is 0 Å². The van der Waals surface area contributed by atoms with E-state index in [2.05, 4.69) is 16.9 Å². The second-order valence-electron chi connectivity index (χ2n) is 3.61. The van der Waals surface area contributed by atoms with Crippen LogP contribution in [-0.4, -0.2) is 23.0 Å². The minimum atomic E-state index is 0.773. The van der Waals surface area contributed by atoms with Gasteiger partial charge < -0.3 is 0 Å². The Hall–Kier alpha value is -0.600. The summed E-state index contributed by atoms with van der Waals surface area (Å²) < 4.78 is 0. The molecule has 0 aliphatic heterocycles. The van der Waals surface area contributed by atoms with Gasteiger partial charge in [0.2, 0.25) is 0 Å². The monoisotopic (exact) mass is 196 g/mol. The molecule has 0 amide bonds. The molecule has 1 saturated carbocycles. The molecule has 1 heterocycles. The van der Waals surface area contributed by atoms with E-state index in [1.165, 1.54) is 18.4 Å². The Morgan fingerprint density at radius 1 is 1.62 bits per heavy atom. The van der Waals surface area contributed by atoms with Gasteiger partial charge in [-0.25, -0.2) is 0 Å². The van der Waals surface area contributed by atoms with Gasteiger partial charge in [0.1, 0.15) is 0 Å². The Kier molecular flexibility index (Phi) is 2.51. The Labute approximate surface area is 83.5 Å². The topological polar surface area (TPSA) is 16.1 Å². The molecule has 2 nitrogen and oxygen atoms in total. The summed E-state index contributed by atoms with van der Waals surface area (Å²) in [5.74, 6) is 0. The molecule has 3 heteroatoms. The van der Waals surface area contributed by atoms with E-state index in [-0.39, 0.29) is 0 Å². The number of hydrogen-bond acceptors (Lipinski definition) is 2. The van der Waals surface area contributed by atoms with Gasteiger partial charge in [-0.05, 0) is 31.5 Å². The lowest BCUT2D eigenvalue weighted by Crippen LogP contribution is -2.20. The molecule has 1 aliphatic carbocycles. The van der Waals surface area contributed by atoms with E-state index in [0.717, 1.165) is 17.6 Å². The molecular weight excluding hydrogens is 184 g/mol. The summed E-state index contributed by atoms with van der Waals surface area (Å²) in [7, 11) is 2.15. The summed E-state index contributed by atoms with van der Waals surface area (Å²) in [5.41, 5.74) is 1.17. The summed E-state index contributed by atoms with van der Waals surface area (Å²) in [6, 6.07) is 2.77. The van der Waals surface area contributed by atoms with Crippen LogP contribution in [0.2, 0.25) is 5.02 Å². The fourth-order valence-electron chi connectivity index (χ4n) is 1.45. The van der Waals surface area contributed by atoms with Crippen LogP contribution < -0.4 is 0 Å². The molecule has 0 bridgehead atoms. The summed E-state index contributed by atoms with van der Waals surface area (Å²) in [4.78, 5) is 6.31. The van der Waals surface area contributed by atoms with Crippen LogP contribution in [0.4, 0.5) is 0 Å². The van der Waals surface area contributed by atoms with Crippen molar-refractivity contribution in [3.05, 3.63) is 29.0 Å². The van der Waals surface area contributed by atoms with E-state index in [0.29, 0.717) is 0 Å². The van der Waals surface area contributed by atoms with Gasteiger partial charge in [0.05, 0.1) is 5.02 Å². The summed E-state index contributed by atoms with van der Waals surface area (Å²) >= 11 is 6.00. The van der Waals surface area contributed by atoms with E-state index < -0.39 is 0 Å². The molecule has 2 rings (SSSR count). The molecule has 0 spiro atoms. The Balaban J connectivity index is 2.03. The SMILES string of the molecule is CN(Cc1ccncc1Cl)C1CC1. The van der Waals surface area contributed by atoms with E-state index in [1.807, 2.05) is 6.07 Å². The van der Waals surface area contributed by atoms with Gasteiger partial charge in [0.15, 0.2) is 0 Å². The minimum absolute atomic E-state index is 0.773. The van der Waals surface area contributed by atoms with Crippen LogP contribution in [-0.2, 0) is 6.54 Å². The lowest BCUT2D eigenvalue weighted by Gasteiger charge is -2.15. The van der Waals surface area contributed by atoms with Crippen molar-refractivity contribution in [3.63, 3.8) is 0 Å². The number of pyridine rings is 1. The molecule has 13 heavy (non-hydrogen) atoms. The fourth-order valence-corrected chi connectivity index (χ4v) is 1.62. The van der Waals surface area contributed by atoms with Gasteiger partial charge in [-0.1, -0.05) is 11.6 Å². The Morgan fingerprint density at radius 2 is 2.38 bits per heavy atom. The zero-order valence-corrected chi connectivity index (χ0v) is 8.46. The number of nitrogens with zero attached hydrogens (tertiary/aromatic N) is 2. The molecule has 1 aromatic rings. The van der Waals surface area contributed by atoms with Crippen LogP contribution in [0.1, 0.15) is 18.4 Å². The van der Waals surface area contributed by atoms with Crippen molar-refractivity contribution in [2.75, 3.05) is 7.05 Å². The van der Waals surface area contributed by atoms with Crippen LogP contribution in [0.5, 0.6) is 0 Å². The standard InChI is InChI=1S/C10H13ClN2/c1-13(9-2-3-9)7-8-4-5-12-6-10(8)11/h4-6,9H,2-3,7H2,1H3. The molecule has 1 aliphatic rings. The zero-order valence-electron chi connectivity index (χ0n) is 7.70. The van der Waals surface area contributed by atoms with Crippen molar-refractivity contribution in [3.8, 4) is 0 Å². The summed E-state index contributed by atoms with van der Waals surface area (Å²) in [6.45, 7) is 0.937. The highest BCUT2D eigenvalue weighted by Crippen LogP contribution is 2.27. The predicted octanol–water partition coefficient (Wildman–Crippen LogP) is 2.33. The second kappa shape index (κ2) is 3.64. The van der Waals surface area contributed by atoms with E-state index in [9.17, 15) is 0 Å². The highest BCUT2D eigenvalue weighted by molar-refractivity contribution is 6.31. The highest BCUT2D eigenvalue weighted by Gasteiger charge is 2.26. The van der Waals surface area contributed by atoms with Crippen LogP contribution in [0, 0.1) is 0 Å². The number of halogens is 1. The molecule has 0 atom stereocenters. The first-order chi connectivity index (χ1) is 6.27. The number of hydrogen-bond donors (Lipinski definition) is 0. The molecule has 0 N–H and O–H groups in total. The molecule has 0 unspecified atom stereocenters. The third-order valence-corrected chi connectivity index (χ3v) is 2.79. The van der Waals surface area contributed by atoms with Crippen LogP contribution in [0.25, 0.3) is 0 Å². The third-order valence-electron chi connectivity index (χ3n) is 2.45. The first kappa shape index (κ1) is 8.97. The molecular formula is C10H13ClN2. The van der Waals surface area contributed by atoms with Crippen LogP contribution in [0.15, 0.2) is 18.5 Å². The van der Waals surface area contributed by atoms with Crippen molar-refractivity contribution >= 4 is 11.6 Å². The van der Waals surface area contributed by atoms with Gasteiger partial charge >= 0.3 is 0 Å². The average Bonchev–Trinajstić information content (AvgIpc) is 2.91. The molecule has 1 aromatic heterocycles. The normalized spacial score (nSPS) is 16.5. The van der Waals surface area contributed by atoms with E-state index >= 15 is 0 Å². The van der Waals surface area contributed by atoms with Gasteiger partial charge in [0.25, 0.3) is 0 Å². The summed E-state index contributed by atoms with van der Waals surface area (Å²) in [6.07, 6.45) is 6.16. The largest absolute Gasteiger partial charge is 0.299 e. The van der Waals surface area contributed by atoms with Crippen molar-refractivity contribution in [1.82, 2.24) is 9.88 Å². The highest BCUT2D eigenvalue weighted by atomic mass is 35.5. The predicted molar refractivity (Wildman–Crippen MR) is 53.7 cm³/mol. The number of rotatable bonds is 3. The molecule has 0 saturated heterocycles. The lowest BCUT2D eigenvalue weighted by molar-refractivity contribution is 0.316. The van der Waals surface area contributed by atoms with Crippen LogP contribution >= 0.6 is 11.6 Å². The maximum Gasteiger partial charge on any atom is 0.0634 e. The number of aromatic nitrogens is 1. The first-order valence-electron chi connectivity index (χ1n) is 4.56. The minimum Gasteiger partial charge on any atom is -0.299 e. The zero-order chi connectivity index (χ0) is 9.26.